The highest BCUT2D eigenvalue weighted by Crippen LogP contribution is 2.33. The molecule has 0 unspecified atom stereocenters. The minimum absolute atomic E-state index is 0.324. The number of ether oxygens (including phenoxy) is 1. The highest BCUT2D eigenvalue weighted by atomic mass is 79.9. The Bertz CT molecular complexity index is 1240. The predicted octanol–water partition coefficient (Wildman–Crippen LogP) is 6.74. The lowest BCUT2D eigenvalue weighted by Gasteiger charge is -2.08. The zero-order valence-corrected chi connectivity index (χ0v) is 16.4. The van der Waals surface area contributed by atoms with Crippen LogP contribution in [-0.4, -0.2) is 5.97 Å². The molecule has 28 heavy (non-hydrogen) atoms. The van der Waals surface area contributed by atoms with Crippen LogP contribution in [-0.2, 0) is 9.53 Å². The second-order valence-electron chi connectivity index (χ2n) is 6.74. The molecule has 0 aromatic heterocycles. The highest BCUT2D eigenvalue weighted by Gasteiger charge is 2.22. The number of carbonyl (C=O) groups excluding carboxylic acids is 1. The normalized spacial score (nSPS) is 15.2. The Morgan fingerprint density at radius 2 is 1.39 bits per heavy atom. The summed E-state index contributed by atoms with van der Waals surface area (Å²) in [4.78, 5) is 12.5. The molecule has 0 spiro atoms. The summed E-state index contributed by atoms with van der Waals surface area (Å²) >= 11 is 3.43. The first-order chi connectivity index (χ1) is 13.7. The van der Waals surface area contributed by atoms with Crippen LogP contribution < -0.4 is 0 Å². The first kappa shape index (κ1) is 17.0. The lowest BCUT2D eigenvalue weighted by atomic mass is 9.95. The molecule has 0 bridgehead atoms. The van der Waals surface area contributed by atoms with Gasteiger partial charge in [0.15, 0.2) is 0 Å². The fourth-order valence-electron chi connectivity index (χ4n) is 3.61. The van der Waals surface area contributed by atoms with E-state index in [-0.39, 0.29) is 5.97 Å². The number of hydrogen-bond acceptors (Lipinski definition) is 2. The first-order valence-electron chi connectivity index (χ1n) is 9.01. The Hall–Kier alpha value is -3.17. The molecule has 0 saturated heterocycles. The van der Waals surface area contributed by atoms with Crippen LogP contribution in [0.5, 0.6) is 0 Å². The minimum Gasteiger partial charge on any atom is -0.422 e. The van der Waals surface area contributed by atoms with Gasteiger partial charge >= 0.3 is 5.97 Å². The standard InChI is InChI=1S/C25H15BrO2/c26-20-11-9-16(10-12-20)24-15-19(25(27)28-24)14-23-21-7-3-1-5-17(21)13-18-6-2-4-8-22(18)23/h1-15H. The Morgan fingerprint density at radius 1 is 0.786 bits per heavy atom. The van der Waals surface area contributed by atoms with Gasteiger partial charge in [0, 0.05) is 10.0 Å². The van der Waals surface area contributed by atoms with Gasteiger partial charge in [0.05, 0.1) is 5.57 Å². The zero-order valence-electron chi connectivity index (χ0n) is 14.9. The Morgan fingerprint density at radius 3 is 2.04 bits per heavy atom. The van der Waals surface area contributed by atoms with E-state index in [4.69, 9.17) is 4.74 Å². The maximum absolute atomic E-state index is 12.5. The fourth-order valence-corrected chi connectivity index (χ4v) is 3.87. The van der Waals surface area contributed by atoms with Gasteiger partial charge in [-0.3, -0.25) is 0 Å². The monoisotopic (exact) mass is 426 g/mol. The Kier molecular flexibility index (Phi) is 4.10. The van der Waals surface area contributed by atoms with E-state index >= 15 is 0 Å². The third-order valence-electron chi connectivity index (χ3n) is 4.97. The third-order valence-corrected chi connectivity index (χ3v) is 5.50. The SMILES string of the molecule is O=C1OC(c2ccc(Br)cc2)=CC1=Cc1c2ccccc2cc2ccccc12. The van der Waals surface area contributed by atoms with Crippen molar-refractivity contribution >= 4 is 55.3 Å². The number of hydrogen-bond donors (Lipinski definition) is 0. The molecule has 4 aromatic rings. The van der Waals surface area contributed by atoms with Crippen molar-refractivity contribution < 1.29 is 9.53 Å². The van der Waals surface area contributed by atoms with Gasteiger partial charge in [-0.25, -0.2) is 4.79 Å². The molecular formula is C25H15BrO2. The number of halogens is 1. The number of cyclic esters (lactones) is 1. The topological polar surface area (TPSA) is 26.3 Å². The van der Waals surface area contributed by atoms with Gasteiger partial charge < -0.3 is 4.74 Å². The predicted molar refractivity (Wildman–Crippen MR) is 118 cm³/mol. The molecule has 0 N–H and O–H groups in total. The van der Waals surface area contributed by atoms with E-state index in [0.717, 1.165) is 37.1 Å². The molecule has 1 aliphatic rings. The summed E-state index contributed by atoms with van der Waals surface area (Å²) in [5.74, 6) is 0.253. The lowest BCUT2D eigenvalue weighted by molar-refractivity contribution is -0.130. The summed E-state index contributed by atoms with van der Waals surface area (Å²) in [6, 6.07) is 26.4. The van der Waals surface area contributed by atoms with E-state index in [1.54, 1.807) is 0 Å². The molecule has 134 valence electrons. The Labute approximate surface area is 170 Å². The van der Waals surface area contributed by atoms with Gasteiger partial charge in [-0.15, -0.1) is 0 Å². The smallest absolute Gasteiger partial charge is 0.343 e. The van der Waals surface area contributed by atoms with Crippen molar-refractivity contribution in [3.63, 3.8) is 0 Å². The second-order valence-corrected chi connectivity index (χ2v) is 7.65. The second kappa shape index (κ2) is 6.77. The van der Waals surface area contributed by atoms with Crippen molar-refractivity contribution in [1.29, 1.82) is 0 Å². The number of carbonyl (C=O) groups is 1. The van der Waals surface area contributed by atoms with Crippen LogP contribution in [0.3, 0.4) is 0 Å². The van der Waals surface area contributed by atoms with Crippen LogP contribution in [0.25, 0.3) is 33.4 Å². The van der Waals surface area contributed by atoms with Crippen LogP contribution in [0.1, 0.15) is 11.1 Å². The van der Waals surface area contributed by atoms with E-state index < -0.39 is 0 Å². The van der Waals surface area contributed by atoms with E-state index in [2.05, 4.69) is 46.3 Å². The van der Waals surface area contributed by atoms with Crippen LogP contribution >= 0.6 is 15.9 Å². The average molecular weight is 427 g/mol. The fraction of sp³-hybridized carbons (Fsp3) is 0. The quantitative estimate of drug-likeness (QED) is 0.201. The van der Waals surface area contributed by atoms with Crippen LogP contribution in [0.2, 0.25) is 0 Å². The Balaban J connectivity index is 1.70. The van der Waals surface area contributed by atoms with Crippen LogP contribution in [0, 0.1) is 0 Å². The van der Waals surface area contributed by atoms with Gasteiger partial charge in [0.25, 0.3) is 0 Å². The van der Waals surface area contributed by atoms with E-state index in [1.165, 1.54) is 0 Å². The van der Waals surface area contributed by atoms with Crippen LogP contribution in [0.4, 0.5) is 0 Å². The van der Waals surface area contributed by atoms with Crippen molar-refractivity contribution in [2.24, 2.45) is 0 Å². The van der Waals surface area contributed by atoms with Crippen molar-refractivity contribution in [2.75, 3.05) is 0 Å². The molecule has 0 fully saturated rings. The third kappa shape index (κ3) is 2.94. The molecule has 2 nitrogen and oxygen atoms in total. The van der Waals surface area contributed by atoms with Crippen molar-refractivity contribution in [1.82, 2.24) is 0 Å². The lowest BCUT2D eigenvalue weighted by Crippen LogP contribution is -1.97. The summed E-state index contributed by atoms with van der Waals surface area (Å²) in [7, 11) is 0. The summed E-state index contributed by atoms with van der Waals surface area (Å²) < 4.78 is 6.52. The largest absolute Gasteiger partial charge is 0.422 e. The number of fused-ring (bicyclic) bond motifs is 2. The summed E-state index contributed by atoms with van der Waals surface area (Å²) in [6.45, 7) is 0. The average Bonchev–Trinajstić information content (AvgIpc) is 3.08. The molecule has 0 radical (unpaired) electrons. The van der Waals surface area contributed by atoms with Crippen LogP contribution in [0.15, 0.2) is 95.0 Å². The van der Waals surface area contributed by atoms with Gasteiger partial charge in [0.1, 0.15) is 5.76 Å². The molecule has 3 heteroatoms. The maximum atomic E-state index is 12.5. The maximum Gasteiger partial charge on any atom is 0.343 e. The summed E-state index contributed by atoms with van der Waals surface area (Å²) in [5, 5.41) is 4.53. The van der Waals surface area contributed by atoms with Gasteiger partial charge in [-0.1, -0.05) is 76.6 Å². The van der Waals surface area contributed by atoms with Crippen molar-refractivity contribution in [3.8, 4) is 0 Å². The molecule has 0 amide bonds. The van der Waals surface area contributed by atoms with Gasteiger partial charge in [-0.05, 0) is 57.5 Å². The summed E-state index contributed by atoms with van der Waals surface area (Å²) in [5.41, 5.74) is 2.47. The van der Waals surface area contributed by atoms with E-state index in [1.807, 2.05) is 60.7 Å². The van der Waals surface area contributed by atoms with Crippen molar-refractivity contribution in [2.45, 2.75) is 0 Å². The molecular weight excluding hydrogens is 412 g/mol. The van der Waals surface area contributed by atoms with Gasteiger partial charge in [-0.2, -0.15) is 0 Å². The number of rotatable bonds is 2. The van der Waals surface area contributed by atoms with E-state index in [0.29, 0.717) is 11.3 Å². The number of esters is 1. The van der Waals surface area contributed by atoms with Gasteiger partial charge in [0.2, 0.25) is 0 Å². The molecule has 0 atom stereocenters. The molecule has 0 saturated carbocycles. The molecule has 1 heterocycles. The highest BCUT2D eigenvalue weighted by molar-refractivity contribution is 9.10. The summed E-state index contributed by atoms with van der Waals surface area (Å²) in [6.07, 6.45) is 3.76. The molecule has 1 aliphatic heterocycles. The number of benzene rings is 4. The zero-order chi connectivity index (χ0) is 19.1. The molecule has 4 aromatic carbocycles. The van der Waals surface area contributed by atoms with Crippen molar-refractivity contribution in [3.05, 3.63) is 106 Å². The molecule has 0 aliphatic carbocycles. The van der Waals surface area contributed by atoms with E-state index in [9.17, 15) is 4.79 Å². The molecule has 5 rings (SSSR count). The first-order valence-corrected chi connectivity index (χ1v) is 9.80. The minimum atomic E-state index is -0.324.